The first-order chi connectivity index (χ1) is 11.0. The van der Waals surface area contributed by atoms with Crippen LogP contribution in [0.25, 0.3) is 0 Å². The number of hydrogen-bond donors (Lipinski definition) is 0. The number of nitrogens with zero attached hydrogens (tertiary/aromatic N) is 2. The second kappa shape index (κ2) is 6.88. The van der Waals surface area contributed by atoms with Crippen molar-refractivity contribution in [2.24, 2.45) is 0 Å². The van der Waals surface area contributed by atoms with Gasteiger partial charge in [0.2, 0.25) is 0 Å². The normalized spacial score (nSPS) is 10.1. The van der Waals surface area contributed by atoms with E-state index in [0.717, 1.165) is 18.9 Å². The topological polar surface area (TPSA) is 113 Å². The Hall–Kier alpha value is -2.94. The van der Waals surface area contributed by atoms with Crippen LogP contribution in [0.1, 0.15) is 10.4 Å². The lowest BCUT2D eigenvalue weighted by Gasteiger charge is -2.08. The zero-order chi connectivity index (χ0) is 17.0. The lowest BCUT2D eigenvalue weighted by atomic mass is 10.2. The highest BCUT2D eigenvalue weighted by Gasteiger charge is 2.26. The molecule has 23 heavy (non-hydrogen) atoms. The number of esters is 1. The largest absolute Gasteiger partial charge is 0.465 e. The molecule has 0 spiro atoms. The number of para-hydroxylation sites is 1. The van der Waals surface area contributed by atoms with E-state index in [0.29, 0.717) is 0 Å². The average Bonchev–Trinajstić information content (AvgIpc) is 2.54. The molecule has 0 aliphatic carbocycles. The molecule has 0 bridgehead atoms. The average molecular weight is 334 g/mol. The van der Waals surface area contributed by atoms with Crippen LogP contribution in [0.5, 0.6) is 0 Å². The fraction of sp³-hybridized carbons (Fsp3) is 0.0714. The Balaban J connectivity index is 2.57. The number of carbonyl (C=O) groups excluding carboxylic acids is 1. The molecule has 0 aromatic heterocycles. The molecule has 0 atom stereocenters. The van der Waals surface area contributed by atoms with Gasteiger partial charge in [0.15, 0.2) is 5.56 Å². The summed E-state index contributed by atoms with van der Waals surface area (Å²) < 4.78 is 4.59. The minimum absolute atomic E-state index is 0.153. The quantitative estimate of drug-likeness (QED) is 0.467. The van der Waals surface area contributed by atoms with Crippen molar-refractivity contribution in [3.8, 4) is 0 Å². The monoisotopic (exact) mass is 334 g/mol. The standard InChI is InChI=1S/C14H10N2O6S/c1-22-14(17)13-10(16(20)21)6-4-8-12(13)23-11-7-3-2-5-9(11)15(18)19/h2-8H,1H3. The summed E-state index contributed by atoms with van der Waals surface area (Å²) in [6.45, 7) is 0. The van der Waals surface area contributed by atoms with Gasteiger partial charge < -0.3 is 4.74 Å². The summed E-state index contributed by atoms with van der Waals surface area (Å²) >= 11 is 0.897. The predicted molar refractivity (Wildman–Crippen MR) is 81.7 cm³/mol. The van der Waals surface area contributed by atoms with Crippen LogP contribution in [-0.2, 0) is 4.74 Å². The third-order valence-corrected chi connectivity index (χ3v) is 4.00. The van der Waals surface area contributed by atoms with E-state index in [4.69, 9.17) is 0 Å². The van der Waals surface area contributed by atoms with Gasteiger partial charge in [-0.05, 0) is 12.1 Å². The lowest BCUT2D eigenvalue weighted by Crippen LogP contribution is -2.07. The molecule has 8 nitrogen and oxygen atoms in total. The molecule has 0 radical (unpaired) electrons. The van der Waals surface area contributed by atoms with Gasteiger partial charge in [0.1, 0.15) is 0 Å². The second-order valence-electron chi connectivity index (χ2n) is 4.23. The summed E-state index contributed by atoms with van der Waals surface area (Å²) in [5, 5.41) is 22.2. The van der Waals surface area contributed by atoms with Crippen LogP contribution in [0.4, 0.5) is 11.4 Å². The highest BCUT2D eigenvalue weighted by molar-refractivity contribution is 7.99. The molecule has 9 heteroatoms. The first kappa shape index (κ1) is 16.4. The maximum atomic E-state index is 11.9. The van der Waals surface area contributed by atoms with Crippen LogP contribution in [0.15, 0.2) is 52.3 Å². The first-order valence-electron chi connectivity index (χ1n) is 6.22. The van der Waals surface area contributed by atoms with Crippen LogP contribution >= 0.6 is 11.8 Å². The van der Waals surface area contributed by atoms with Gasteiger partial charge in [-0.2, -0.15) is 0 Å². The van der Waals surface area contributed by atoms with Crippen molar-refractivity contribution in [3.05, 3.63) is 68.3 Å². The predicted octanol–water partition coefficient (Wildman–Crippen LogP) is 3.44. The van der Waals surface area contributed by atoms with E-state index in [1.165, 1.54) is 36.4 Å². The highest BCUT2D eigenvalue weighted by Crippen LogP contribution is 2.39. The molecular weight excluding hydrogens is 324 g/mol. The van der Waals surface area contributed by atoms with E-state index < -0.39 is 21.5 Å². The Morgan fingerprint density at radius 2 is 1.52 bits per heavy atom. The van der Waals surface area contributed by atoms with Crippen molar-refractivity contribution in [2.75, 3.05) is 7.11 Å². The Kier molecular flexibility index (Phi) is 4.91. The summed E-state index contributed by atoms with van der Waals surface area (Å²) in [6, 6.07) is 9.99. The molecule has 0 N–H and O–H groups in total. The number of carbonyl (C=O) groups is 1. The van der Waals surface area contributed by atoms with Crippen molar-refractivity contribution in [3.63, 3.8) is 0 Å². The maximum absolute atomic E-state index is 11.9. The second-order valence-corrected chi connectivity index (χ2v) is 5.31. The number of benzene rings is 2. The molecule has 0 amide bonds. The summed E-state index contributed by atoms with van der Waals surface area (Å²) in [5.74, 6) is -0.876. The maximum Gasteiger partial charge on any atom is 0.346 e. The van der Waals surface area contributed by atoms with Gasteiger partial charge in [0, 0.05) is 17.0 Å². The minimum Gasteiger partial charge on any atom is -0.465 e. The van der Waals surface area contributed by atoms with E-state index in [9.17, 15) is 25.0 Å². The van der Waals surface area contributed by atoms with Crippen LogP contribution < -0.4 is 0 Å². The fourth-order valence-corrected chi connectivity index (χ4v) is 2.94. The van der Waals surface area contributed by atoms with Crippen molar-refractivity contribution < 1.29 is 19.4 Å². The molecule has 2 rings (SSSR count). The molecule has 2 aromatic rings. The molecule has 0 aliphatic rings. The summed E-state index contributed by atoms with van der Waals surface area (Å²) in [5.41, 5.74) is -0.802. The SMILES string of the molecule is COC(=O)c1c(Sc2ccccc2[N+](=O)[O-])cccc1[N+](=O)[O-]. The molecule has 0 saturated carbocycles. The highest BCUT2D eigenvalue weighted by atomic mass is 32.2. The Bertz CT molecular complexity index is 793. The molecule has 2 aromatic carbocycles. The zero-order valence-corrected chi connectivity index (χ0v) is 12.6. The van der Waals surface area contributed by atoms with Gasteiger partial charge in [-0.3, -0.25) is 20.2 Å². The number of methoxy groups -OCH3 is 1. The fourth-order valence-electron chi connectivity index (χ4n) is 1.88. The van der Waals surface area contributed by atoms with Gasteiger partial charge in [-0.1, -0.05) is 30.0 Å². The lowest BCUT2D eigenvalue weighted by molar-refractivity contribution is -0.387. The van der Waals surface area contributed by atoms with Crippen LogP contribution in [0.2, 0.25) is 0 Å². The zero-order valence-electron chi connectivity index (χ0n) is 11.8. The van der Waals surface area contributed by atoms with Gasteiger partial charge in [0.25, 0.3) is 11.4 Å². The van der Waals surface area contributed by atoms with E-state index in [1.54, 1.807) is 6.07 Å². The van der Waals surface area contributed by atoms with Gasteiger partial charge >= 0.3 is 5.97 Å². The smallest absolute Gasteiger partial charge is 0.346 e. The molecular formula is C14H10N2O6S. The summed E-state index contributed by atoms with van der Waals surface area (Å²) in [6.07, 6.45) is 0. The van der Waals surface area contributed by atoms with Crippen molar-refractivity contribution in [1.82, 2.24) is 0 Å². The van der Waals surface area contributed by atoms with Crippen LogP contribution in [0.3, 0.4) is 0 Å². The Labute approximate surface area is 134 Å². The molecule has 0 fully saturated rings. The van der Waals surface area contributed by atoms with Crippen molar-refractivity contribution >= 4 is 29.1 Å². The van der Waals surface area contributed by atoms with E-state index in [-0.39, 0.29) is 21.0 Å². The number of nitro benzene ring substituents is 2. The third kappa shape index (κ3) is 3.46. The third-order valence-electron chi connectivity index (χ3n) is 2.87. The van der Waals surface area contributed by atoms with Gasteiger partial charge in [-0.25, -0.2) is 4.79 Å². The summed E-state index contributed by atoms with van der Waals surface area (Å²) in [7, 11) is 1.11. The van der Waals surface area contributed by atoms with Crippen molar-refractivity contribution in [1.29, 1.82) is 0 Å². The molecule has 0 unspecified atom stereocenters. The number of hydrogen-bond acceptors (Lipinski definition) is 7. The Morgan fingerprint density at radius 1 is 0.957 bits per heavy atom. The van der Waals surface area contributed by atoms with Crippen molar-refractivity contribution in [2.45, 2.75) is 9.79 Å². The number of nitro groups is 2. The molecule has 0 heterocycles. The van der Waals surface area contributed by atoms with Crippen LogP contribution in [-0.4, -0.2) is 22.9 Å². The molecule has 0 aliphatic heterocycles. The Morgan fingerprint density at radius 3 is 2.13 bits per heavy atom. The number of ether oxygens (including phenoxy) is 1. The van der Waals surface area contributed by atoms with Gasteiger partial charge in [0.05, 0.1) is 21.9 Å². The number of rotatable bonds is 5. The minimum atomic E-state index is -0.876. The van der Waals surface area contributed by atoms with E-state index in [2.05, 4.69) is 4.74 Å². The molecule has 118 valence electrons. The van der Waals surface area contributed by atoms with Crippen LogP contribution in [0, 0.1) is 20.2 Å². The first-order valence-corrected chi connectivity index (χ1v) is 7.04. The van der Waals surface area contributed by atoms with E-state index >= 15 is 0 Å². The summed E-state index contributed by atoms with van der Waals surface area (Å²) in [4.78, 5) is 33.3. The van der Waals surface area contributed by atoms with E-state index in [1.807, 2.05) is 0 Å². The molecule has 0 saturated heterocycles. The van der Waals surface area contributed by atoms with Gasteiger partial charge in [-0.15, -0.1) is 0 Å².